The van der Waals surface area contributed by atoms with Crippen LogP contribution in [0.5, 0.6) is 0 Å². The van der Waals surface area contributed by atoms with Gasteiger partial charge < -0.3 is 10.2 Å². The van der Waals surface area contributed by atoms with Crippen molar-refractivity contribution in [3.05, 3.63) is 72.8 Å². The third-order valence-corrected chi connectivity index (χ3v) is 5.22. The number of hydrogen-bond acceptors (Lipinski definition) is 5. The van der Waals surface area contributed by atoms with Crippen LogP contribution in [0.15, 0.2) is 67.3 Å². The Bertz CT molecular complexity index is 1080. The summed E-state index contributed by atoms with van der Waals surface area (Å²) in [4.78, 5) is 15.5. The first-order chi connectivity index (χ1) is 13.9. The highest BCUT2D eigenvalue weighted by Gasteiger charge is 2.14. The summed E-state index contributed by atoms with van der Waals surface area (Å²) in [6, 6.07) is 18.7. The van der Waals surface area contributed by atoms with E-state index in [1.165, 1.54) is 18.4 Å². The van der Waals surface area contributed by atoms with Crippen LogP contribution < -0.4 is 10.2 Å². The number of rotatable bonds is 5. The molecule has 6 nitrogen and oxygen atoms in total. The number of hydrogen-bond donors (Lipinski definition) is 1. The molecule has 0 amide bonds. The second-order valence-corrected chi connectivity index (χ2v) is 7.08. The third-order valence-electron chi connectivity index (χ3n) is 5.22. The predicted molar refractivity (Wildman–Crippen MR) is 112 cm³/mol. The van der Waals surface area contributed by atoms with Crippen molar-refractivity contribution in [3.8, 4) is 5.69 Å². The van der Waals surface area contributed by atoms with Gasteiger partial charge in [0.05, 0.1) is 11.0 Å². The normalized spacial score (nSPS) is 13.9. The van der Waals surface area contributed by atoms with Gasteiger partial charge in [-0.1, -0.05) is 24.3 Å². The van der Waals surface area contributed by atoms with Crippen LogP contribution in [0, 0.1) is 0 Å². The molecule has 0 radical (unpaired) electrons. The van der Waals surface area contributed by atoms with Crippen molar-refractivity contribution in [2.45, 2.75) is 19.4 Å². The van der Waals surface area contributed by atoms with Gasteiger partial charge in [0.2, 0.25) is 0 Å². The van der Waals surface area contributed by atoms with E-state index >= 15 is 0 Å². The number of imidazole rings is 1. The number of nitrogens with zero attached hydrogens (tertiary/aromatic N) is 5. The number of anilines is 2. The molecular formula is C22H22N6. The Hall–Kier alpha value is -3.41. The second-order valence-electron chi connectivity index (χ2n) is 7.08. The minimum atomic E-state index is 0.724. The summed E-state index contributed by atoms with van der Waals surface area (Å²) < 4.78 is 2.11. The van der Waals surface area contributed by atoms with E-state index in [0.717, 1.165) is 48.0 Å². The number of fused-ring (bicyclic) bond motifs is 1. The molecule has 5 rings (SSSR count). The zero-order chi connectivity index (χ0) is 18.8. The lowest BCUT2D eigenvalue weighted by Gasteiger charge is -2.16. The maximum absolute atomic E-state index is 4.47. The van der Waals surface area contributed by atoms with Crippen LogP contribution in [0.3, 0.4) is 0 Å². The van der Waals surface area contributed by atoms with Gasteiger partial charge in [-0.3, -0.25) is 4.57 Å². The molecule has 0 unspecified atom stereocenters. The molecule has 1 N–H and O–H groups in total. The van der Waals surface area contributed by atoms with Crippen LogP contribution in [0.4, 0.5) is 11.6 Å². The Balaban J connectivity index is 1.29. The van der Waals surface area contributed by atoms with Gasteiger partial charge in [0.25, 0.3) is 0 Å². The summed E-state index contributed by atoms with van der Waals surface area (Å²) in [6.45, 7) is 2.89. The van der Waals surface area contributed by atoms with Crippen LogP contribution in [0.2, 0.25) is 0 Å². The summed E-state index contributed by atoms with van der Waals surface area (Å²) in [5, 5.41) is 3.41. The molecule has 1 saturated heterocycles. The number of aromatic nitrogens is 4. The number of benzene rings is 2. The first-order valence-corrected chi connectivity index (χ1v) is 9.69. The van der Waals surface area contributed by atoms with Crippen molar-refractivity contribution in [1.82, 2.24) is 19.5 Å². The summed E-state index contributed by atoms with van der Waals surface area (Å²) in [5.41, 5.74) is 4.43. The van der Waals surface area contributed by atoms with E-state index in [9.17, 15) is 0 Å². The van der Waals surface area contributed by atoms with Crippen molar-refractivity contribution in [1.29, 1.82) is 0 Å². The topological polar surface area (TPSA) is 58.9 Å². The summed E-state index contributed by atoms with van der Waals surface area (Å²) in [7, 11) is 0. The smallest absolute Gasteiger partial charge is 0.134 e. The van der Waals surface area contributed by atoms with Gasteiger partial charge in [-0.2, -0.15) is 0 Å². The highest BCUT2D eigenvalue weighted by molar-refractivity contribution is 5.77. The molecule has 1 fully saturated rings. The van der Waals surface area contributed by atoms with Crippen molar-refractivity contribution in [2.24, 2.45) is 0 Å². The molecule has 2 aromatic heterocycles. The predicted octanol–water partition coefficient (Wildman–Crippen LogP) is 4.03. The highest BCUT2D eigenvalue weighted by Crippen LogP contribution is 2.21. The first kappa shape index (κ1) is 16.7. The van der Waals surface area contributed by atoms with Crippen molar-refractivity contribution in [2.75, 3.05) is 23.3 Å². The third kappa shape index (κ3) is 3.29. The fourth-order valence-electron chi connectivity index (χ4n) is 3.69. The van der Waals surface area contributed by atoms with Gasteiger partial charge in [0, 0.05) is 31.4 Å². The molecule has 6 heteroatoms. The fourth-order valence-corrected chi connectivity index (χ4v) is 3.69. The Morgan fingerprint density at radius 2 is 1.71 bits per heavy atom. The quantitative estimate of drug-likeness (QED) is 0.575. The zero-order valence-electron chi connectivity index (χ0n) is 15.6. The Kier molecular flexibility index (Phi) is 4.37. The minimum absolute atomic E-state index is 0.724. The Labute approximate surface area is 163 Å². The van der Waals surface area contributed by atoms with Gasteiger partial charge in [0.15, 0.2) is 0 Å². The zero-order valence-corrected chi connectivity index (χ0v) is 15.6. The molecular weight excluding hydrogens is 348 g/mol. The molecule has 0 atom stereocenters. The SMILES string of the molecule is c1ccc2c(c1)ncn2-c1ccc(CNc2cc(N3CCCC3)ncn2)cc1. The Morgan fingerprint density at radius 3 is 2.57 bits per heavy atom. The fraction of sp³-hybridized carbons (Fsp3) is 0.227. The largest absolute Gasteiger partial charge is 0.366 e. The monoisotopic (exact) mass is 370 g/mol. The van der Waals surface area contributed by atoms with Crippen LogP contribution in [-0.2, 0) is 6.54 Å². The van der Waals surface area contributed by atoms with E-state index in [2.05, 4.69) is 60.1 Å². The maximum Gasteiger partial charge on any atom is 0.134 e. The lowest BCUT2D eigenvalue weighted by Crippen LogP contribution is -2.19. The highest BCUT2D eigenvalue weighted by atomic mass is 15.2. The molecule has 0 spiro atoms. The molecule has 2 aromatic carbocycles. The number of para-hydroxylation sites is 2. The average Bonchev–Trinajstić information content (AvgIpc) is 3.43. The maximum atomic E-state index is 4.47. The summed E-state index contributed by atoms with van der Waals surface area (Å²) in [6.07, 6.45) is 6.00. The van der Waals surface area contributed by atoms with Crippen LogP contribution in [0.25, 0.3) is 16.7 Å². The van der Waals surface area contributed by atoms with E-state index < -0.39 is 0 Å². The van der Waals surface area contributed by atoms with Crippen LogP contribution in [-0.4, -0.2) is 32.6 Å². The van der Waals surface area contributed by atoms with E-state index in [4.69, 9.17) is 0 Å². The molecule has 4 aromatic rings. The van der Waals surface area contributed by atoms with E-state index in [0.29, 0.717) is 0 Å². The average molecular weight is 370 g/mol. The molecule has 0 bridgehead atoms. The van der Waals surface area contributed by atoms with E-state index in [1.54, 1.807) is 6.33 Å². The van der Waals surface area contributed by atoms with Crippen molar-refractivity contribution in [3.63, 3.8) is 0 Å². The molecule has 28 heavy (non-hydrogen) atoms. The van der Waals surface area contributed by atoms with Crippen molar-refractivity contribution >= 4 is 22.7 Å². The molecule has 140 valence electrons. The van der Waals surface area contributed by atoms with Gasteiger partial charge in [-0.25, -0.2) is 15.0 Å². The lowest BCUT2D eigenvalue weighted by molar-refractivity contribution is 0.925. The van der Waals surface area contributed by atoms with Gasteiger partial charge in [-0.15, -0.1) is 0 Å². The van der Waals surface area contributed by atoms with Crippen LogP contribution >= 0.6 is 0 Å². The Morgan fingerprint density at radius 1 is 0.893 bits per heavy atom. The second kappa shape index (κ2) is 7.31. The molecule has 0 aliphatic carbocycles. The number of nitrogens with one attached hydrogen (secondary N) is 1. The molecule has 1 aliphatic heterocycles. The molecule has 0 saturated carbocycles. The van der Waals surface area contributed by atoms with Crippen LogP contribution in [0.1, 0.15) is 18.4 Å². The standard InChI is InChI=1S/C22H22N6/c1-2-6-20-19(5-1)26-16-28(20)18-9-7-17(8-10-18)14-23-21-13-22(25-15-24-21)27-11-3-4-12-27/h1-2,5-10,13,15-16H,3-4,11-12,14H2,(H,23,24,25). The van der Waals surface area contributed by atoms with Gasteiger partial charge in [0.1, 0.15) is 24.3 Å². The van der Waals surface area contributed by atoms with Crippen molar-refractivity contribution < 1.29 is 0 Å². The summed E-state index contributed by atoms with van der Waals surface area (Å²) >= 11 is 0. The van der Waals surface area contributed by atoms with Gasteiger partial charge in [-0.05, 0) is 42.7 Å². The van der Waals surface area contributed by atoms with E-state index in [-0.39, 0.29) is 0 Å². The lowest BCUT2D eigenvalue weighted by atomic mass is 10.2. The first-order valence-electron chi connectivity index (χ1n) is 9.69. The molecule has 3 heterocycles. The molecule has 1 aliphatic rings. The minimum Gasteiger partial charge on any atom is -0.366 e. The summed E-state index contributed by atoms with van der Waals surface area (Å²) in [5.74, 6) is 1.87. The van der Waals surface area contributed by atoms with E-state index in [1.807, 2.05) is 30.6 Å². The van der Waals surface area contributed by atoms with Gasteiger partial charge >= 0.3 is 0 Å².